The van der Waals surface area contributed by atoms with Crippen LogP contribution >= 0.6 is 23.2 Å². The molecule has 0 aliphatic heterocycles. The monoisotopic (exact) mass is 550 g/mol. The fraction of sp³-hybridized carbons (Fsp3) is 0.292. The third kappa shape index (κ3) is 8.17. The number of aliphatic imine (C=N–C) groups is 1. The largest absolute Gasteiger partial charge is 0.478 e. The summed E-state index contributed by atoms with van der Waals surface area (Å²) in [5.74, 6) is -2.76. The van der Waals surface area contributed by atoms with Gasteiger partial charge >= 0.3 is 12.0 Å². The van der Waals surface area contributed by atoms with Crippen molar-refractivity contribution in [3.8, 4) is 0 Å². The first-order valence-electron chi connectivity index (χ1n) is 11.1. The maximum atomic E-state index is 13.3. The Labute approximate surface area is 223 Å². The number of hydrogen-bond acceptors (Lipinski definition) is 6. The van der Waals surface area contributed by atoms with E-state index in [0.717, 1.165) is 6.92 Å². The number of carboxylic acids is 1. The van der Waals surface area contributed by atoms with Crippen molar-refractivity contribution in [1.82, 2.24) is 10.2 Å². The summed E-state index contributed by atoms with van der Waals surface area (Å²) in [5.41, 5.74) is 9.55. The molecular weight excluding hydrogens is 523 g/mol. The van der Waals surface area contributed by atoms with Gasteiger partial charge in [-0.05, 0) is 55.7 Å². The standard InChI is InChI=1S/C24H28Cl2N6O5/c1-14(33)17-5-3-6-20(11-17)31-23(37)32(15(2)34)24(21(35)36,7-4-8-29-22(27)28)30-13-16-9-18(25)12-19(26)10-16/h3,5-6,9-12,30H,4,7-8,13H2,1-2H3,(H,31,37)(H,35,36)(H4,27,28,29)/t24-/m0/s1. The van der Waals surface area contributed by atoms with Gasteiger partial charge < -0.3 is 21.9 Å². The van der Waals surface area contributed by atoms with Gasteiger partial charge in [-0.3, -0.25) is 19.9 Å². The van der Waals surface area contributed by atoms with Crippen LogP contribution in [-0.2, 0) is 16.1 Å². The van der Waals surface area contributed by atoms with E-state index < -0.39 is 23.6 Å². The Kier molecular flexibility index (Phi) is 10.4. The van der Waals surface area contributed by atoms with Crippen LogP contribution in [0, 0.1) is 0 Å². The number of halogens is 2. The minimum Gasteiger partial charge on any atom is -0.478 e. The van der Waals surface area contributed by atoms with Gasteiger partial charge in [0, 0.05) is 41.3 Å². The number of ketones is 1. The van der Waals surface area contributed by atoms with Crippen molar-refractivity contribution in [3.05, 3.63) is 63.6 Å². The van der Waals surface area contributed by atoms with E-state index in [1.165, 1.54) is 25.1 Å². The Balaban J connectivity index is 2.48. The second kappa shape index (κ2) is 13.0. The molecule has 0 aliphatic rings. The van der Waals surface area contributed by atoms with Gasteiger partial charge in [0.15, 0.2) is 11.7 Å². The van der Waals surface area contributed by atoms with E-state index in [0.29, 0.717) is 26.1 Å². The average molecular weight is 551 g/mol. The van der Waals surface area contributed by atoms with Crippen LogP contribution < -0.4 is 22.1 Å². The van der Waals surface area contributed by atoms with Crippen LogP contribution in [-0.4, -0.2) is 51.9 Å². The van der Waals surface area contributed by atoms with Crippen LogP contribution in [0.2, 0.25) is 10.0 Å². The van der Waals surface area contributed by atoms with Gasteiger partial charge in [-0.25, -0.2) is 14.5 Å². The fourth-order valence-electron chi connectivity index (χ4n) is 3.64. The fourth-order valence-corrected chi connectivity index (χ4v) is 4.21. The number of nitrogens with two attached hydrogens (primary N) is 2. The number of nitrogens with one attached hydrogen (secondary N) is 2. The summed E-state index contributed by atoms with van der Waals surface area (Å²) in [4.78, 5) is 55.0. The van der Waals surface area contributed by atoms with Gasteiger partial charge in [-0.15, -0.1) is 0 Å². The zero-order valence-corrected chi connectivity index (χ0v) is 21.8. The lowest BCUT2D eigenvalue weighted by atomic mass is 10.00. The van der Waals surface area contributed by atoms with Crippen LogP contribution in [0.15, 0.2) is 47.5 Å². The molecule has 2 aromatic carbocycles. The minimum atomic E-state index is -2.21. The molecule has 1 atom stereocenters. The van der Waals surface area contributed by atoms with E-state index in [4.69, 9.17) is 34.7 Å². The van der Waals surface area contributed by atoms with Crippen LogP contribution in [0.5, 0.6) is 0 Å². The van der Waals surface area contributed by atoms with Crippen LogP contribution in [0.3, 0.4) is 0 Å². The Hall–Kier alpha value is -3.67. The zero-order chi connectivity index (χ0) is 27.8. The van der Waals surface area contributed by atoms with Crippen molar-refractivity contribution in [2.24, 2.45) is 16.5 Å². The molecule has 2 aromatic rings. The zero-order valence-electron chi connectivity index (χ0n) is 20.3. The van der Waals surface area contributed by atoms with Gasteiger partial charge in [0.25, 0.3) is 0 Å². The number of imide groups is 1. The second-order valence-electron chi connectivity index (χ2n) is 8.13. The number of carbonyl (C=O) groups excluding carboxylic acids is 3. The number of amides is 3. The predicted octanol–water partition coefficient (Wildman–Crippen LogP) is 3.20. The van der Waals surface area contributed by atoms with Crippen LogP contribution in [0.4, 0.5) is 10.5 Å². The SMILES string of the molecule is CC(=O)c1cccc(NC(=O)N(C(C)=O)[C@](CCCN=C(N)N)(NCc2cc(Cl)cc(Cl)c2)C(=O)O)c1. The maximum absolute atomic E-state index is 13.3. The van der Waals surface area contributed by atoms with E-state index in [9.17, 15) is 24.3 Å². The molecule has 0 spiro atoms. The number of aliphatic carboxylic acids is 1. The van der Waals surface area contributed by atoms with E-state index >= 15 is 0 Å². The summed E-state index contributed by atoms with van der Waals surface area (Å²) in [6.07, 6.45) is -0.141. The van der Waals surface area contributed by atoms with Gasteiger partial charge in [0.1, 0.15) is 0 Å². The van der Waals surface area contributed by atoms with Gasteiger partial charge in [0.2, 0.25) is 11.6 Å². The van der Waals surface area contributed by atoms with Crippen molar-refractivity contribution in [3.63, 3.8) is 0 Å². The van der Waals surface area contributed by atoms with Crippen molar-refractivity contribution < 1.29 is 24.3 Å². The number of Topliss-reactive ketones (excluding diaryl/α,β-unsaturated/α-hetero) is 1. The van der Waals surface area contributed by atoms with Gasteiger partial charge in [-0.2, -0.15) is 0 Å². The molecule has 0 unspecified atom stereocenters. The number of hydrogen-bond donors (Lipinski definition) is 5. The molecule has 0 saturated heterocycles. The first-order valence-corrected chi connectivity index (χ1v) is 11.8. The molecule has 0 saturated carbocycles. The molecule has 37 heavy (non-hydrogen) atoms. The maximum Gasteiger partial charge on any atom is 0.345 e. The molecule has 7 N–H and O–H groups in total. The lowest BCUT2D eigenvalue weighted by Crippen LogP contribution is -2.67. The molecule has 0 radical (unpaired) electrons. The highest BCUT2D eigenvalue weighted by atomic mass is 35.5. The van der Waals surface area contributed by atoms with E-state index in [1.807, 2.05) is 0 Å². The summed E-state index contributed by atoms with van der Waals surface area (Å²) in [7, 11) is 0. The first kappa shape index (κ1) is 29.6. The first-order chi connectivity index (χ1) is 17.4. The van der Waals surface area contributed by atoms with Gasteiger partial charge in [-0.1, -0.05) is 35.3 Å². The lowest BCUT2D eigenvalue weighted by molar-refractivity contribution is -0.158. The van der Waals surface area contributed by atoms with E-state index in [1.54, 1.807) is 24.3 Å². The number of rotatable bonds is 11. The Bertz CT molecular complexity index is 1200. The van der Waals surface area contributed by atoms with E-state index in [2.05, 4.69) is 15.6 Å². The van der Waals surface area contributed by atoms with E-state index in [-0.39, 0.29) is 43.4 Å². The van der Waals surface area contributed by atoms with Crippen LogP contribution in [0.25, 0.3) is 0 Å². The smallest absolute Gasteiger partial charge is 0.345 e. The molecule has 0 fully saturated rings. The highest BCUT2D eigenvalue weighted by molar-refractivity contribution is 6.34. The summed E-state index contributed by atoms with van der Waals surface area (Å²) < 4.78 is 0. The molecule has 0 aliphatic carbocycles. The van der Waals surface area contributed by atoms with Crippen molar-refractivity contribution in [2.45, 2.75) is 38.9 Å². The number of anilines is 1. The predicted molar refractivity (Wildman–Crippen MR) is 142 cm³/mol. The number of benzene rings is 2. The number of guanidine groups is 1. The molecule has 13 heteroatoms. The van der Waals surface area contributed by atoms with Crippen molar-refractivity contribution in [1.29, 1.82) is 0 Å². The number of nitrogens with zero attached hydrogens (tertiary/aromatic N) is 2. The average Bonchev–Trinajstić information content (AvgIpc) is 2.79. The number of carboxylic acid groups (broad SMARTS) is 1. The Morgan fingerprint density at radius 2 is 1.70 bits per heavy atom. The normalized spacial score (nSPS) is 12.2. The molecule has 198 valence electrons. The molecule has 0 bridgehead atoms. The summed E-state index contributed by atoms with van der Waals surface area (Å²) in [5, 5.41) is 16.3. The molecule has 3 amide bonds. The lowest BCUT2D eigenvalue weighted by Gasteiger charge is -2.39. The molecule has 2 rings (SSSR count). The highest BCUT2D eigenvalue weighted by Crippen LogP contribution is 2.25. The minimum absolute atomic E-state index is 0.0516. The second-order valence-corrected chi connectivity index (χ2v) is 9.00. The molecule has 0 aromatic heterocycles. The van der Waals surface area contributed by atoms with Crippen molar-refractivity contribution in [2.75, 3.05) is 11.9 Å². The summed E-state index contributed by atoms with van der Waals surface area (Å²) in [6.45, 7) is 2.37. The highest BCUT2D eigenvalue weighted by Gasteiger charge is 2.48. The van der Waals surface area contributed by atoms with Gasteiger partial charge in [0.05, 0.1) is 0 Å². The van der Waals surface area contributed by atoms with Crippen molar-refractivity contribution >= 4 is 58.5 Å². The summed E-state index contributed by atoms with van der Waals surface area (Å²) in [6, 6.07) is 9.66. The topological polar surface area (TPSA) is 180 Å². The third-order valence-corrected chi connectivity index (χ3v) is 5.71. The van der Waals surface area contributed by atoms with Crippen LogP contribution in [0.1, 0.15) is 42.6 Å². The number of carbonyl (C=O) groups is 4. The molecule has 0 heterocycles. The quantitative estimate of drug-likeness (QED) is 0.0928. The Morgan fingerprint density at radius 3 is 2.24 bits per heavy atom. The molecule has 11 nitrogen and oxygen atoms in total. The summed E-state index contributed by atoms with van der Waals surface area (Å²) >= 11 is 12.1. The molecular formula is C24H28Cl2N6O5. The third-order valence-electron chi connectivity index (χ3n) is 5.27. The Morgan fingerprint density at radius 1 is 1.05 bits per heavy atom. The number of urea groups is 1.